The van der Waals surface area contributed by atoms with E-state index in [9.17, 15) is 9.00 Å². The Kier molecular flexibility index (Phi) is 4.37. The lowest BCUT2D eigenvalue weighted by molar-refractivity contribution is -0.150. The van der Waals surface area contributed by atoms with Crippen LogP contribution in [0.1, 0.15) is 6.92 Å². The van der Waals surface area contributed by atoms with Crippen LogP contribution in [0.2, 0.25) is 0 Å². The minimum atomic E-state index is -1.28. The first-order valence-corrected chi connectivity index (χ1v) is 8.34. The van der Waals surface area contributed by atoms with Crippen LogP contribution in [-0.2, 0) is 29.8 Å². The van der Waals surface area contributed by atoms with Gasteiger partial charge in [-0.05, 0) is 0 Å². The van der Waals surface area contributed by atoms with Gasteiger partial charge in [-0.25, -0.2) is 4.98 Å². The molecule has 2 saturated heterocycles. The minimum Gasteiger partial charge on any atom is -0.469 e. The number of ether oxygens (including phenoxy) is 4. The lowest BCUT2D eigenvalue weighted by Crippen LogP contribution is -2.36. The predicted octanol–water partition coefficient (Wildman–Crippen LogP) is -0.309. The van der Waals surface area contributed by atoms with Crippen molar-refractivity contribution in [1.29, 1.82) is 0 Å². The van der Waals surface area contributed by atoms with Gasteiger partial charge in [0.2, 0.25) is 11.0 Å². The first kappa shape index (κ1) is 15.3. The molecule has 22 heavy (non-hydrogen) atoms. The third-order valence-electron chi connectivity index (χ3n) is 3.42. The number of rotatable bonds is 4. The van der Waals surface area contributed by atoms with Crippen LogP contribution >= 0.6 is 0 Å². The van der Waals surface area contributed by atoms with Crippen molar-refractivity contribution in [3.05, 3.63) is 12.3 Å². The van der Waals surface area contributed by atoms with Gasteiger partial charge in [-0.2, -0.15) is 4.98 Å². The second-order valence-corrected chi connectivity index (χ2v) is 6.31. The van der Waals surface area contributed by atoms with Crippen molar-refractivity contribution in [3.8, 4) is 5.88 Å². The number of hydrogen-bond donors (Lipinski definition) is 0. The van der Waals surface area contributed by atoms with Gasteiger partial charge in [0.1, 0.15) is 12.2 Å². The van der Waals surface area contributed by atoms with Crippen molar-refractivity contribution >= 4 is 16.8 Å². The van der Waals surface area contributed by atoms with E-state index in [4.69, 9.17) is 18.9 Å². The lowest BCUT2D eigenvalue weighted by atomic mass is 10.1. The van der Waals surface area contributed by atoms with Gasteiger partial charge in [-0.15, -0.1) is 0 Å². The van der Waals surface area contributed by atoms with Crippen molar-refractivity contribution < 1.29 is 28.0 Å². The molecule has 0 N–H and O–H groups in total. The fourth-order valence-electron chi connectivity index (χ4n) is 2.53. The number of carbonyl (C=O) groups excluding carboxylic acids is 1. The highest BCUT2D eigenvalue weighted by molar-refractivity contribution is 7.84. The van der Waals surface area contributed by atoms with Crippen LogP contribution in [0.3, 0.4) is 0 Å². The molecule has 8 nitrogen and oxygen atoms in total. The Labute approximate surface area is 129 Å². The molecular formula is C13H16N2O6S. The Balaban J connectivity index is 1.67. The van der Waals surface area contributed by atoms with Gasteiger partial charge >= 0.3 is 5.97 Å². The molecule has 0 amide bonds. The number of esters is 1. The Hall–Kier alpha value is -1.58. The fraction of sp³-hybridized carbons (Fsp3) is 0.615. The van der Waals surface area contributed by atoms with E-state index in [1.807, 2.05) is 0 Å². The molecule has 1 aromatic rings. The molecule has 120 valence electrons. The summed E-state index contributed by atoms with van der Waals surface area (Å²) in [5.41, 5.74) is 0. The molecule has 0 radical (unpaired) electrons. The zero-order chi connectivity index (χ0) is 15.7. The maximum Gasteiger partial charge on any atom is 0.303 e. The van der Waals surface area contributed by atoms with E-state index in [-0.39, 0.29) is 36.0 Å². The minimum absolute atomic E-state index is 0.207. The zero-order valence-electron chi connectivity index (χ0n) is 12.1. The van der Waals surface area contributed by atoms with Crippen molar-refractivity contribution in [2.75, 3.05) is 19.5 Å². The second-order valence-electron chi connectivity index (χ2n) is 5.03. The average molecular weight is 328 g/mol. The Morgan fingerprint density at radius 3 is 2.68 bits per heavy atom. The van der Waals surface area contributed by atoms with Gasteiger partial charge in [0, 0.05) is 25.4 Å². The van der Waals surface area contributed by atoms with E-state index in [1.54, 1.807) is 6.07 Å². The molecule has 0 aromatic carbocycles. The zero-order valence-corrected chi connectivity index (χ0v) is 12.9. The van der Waals surface area contributed by atoms with Gasteiger partial charge in [0.25, 0.3) is 0 Å². The lowest BCUT2D eigenvalue weighted by Gasteiger charge is -2.17. The number of carbonyl (C=O) groups is 1. The van der Waals surface area contributed by atoms with Crippen LogP contribution in [0.25, 0.3) is 0 Å². The normalized spacial score (nSPS) is 31.5. The molecule has 2 fully saturated rings. The summed E-state index contributed by atoms with van der Waals surface area (Å²) in [7, 11) is -1.28. The third-order valence-corrected chi connectivity index (χ3v) is 4.13. The first-order chi connectivity index (χ1) is 10.5. The highest BCUT2D eigenvalue weighted by atomic mass is 32.2. The number of hydrogen-bond acceptors (Lipinski definition) is 8. The average Bonchev–Trinajstić information content (AvgIpc) is 3.03. The summed E-state index contributed by atoms with van der Waals surface area (Å²) >= 11 is 0. The smallest absolute Gasteiger partial charge is 0.303 e. The summed E-state index contributed by atoms with van der Waals surface area (Å²) in [6, 6.07) is 1.59. The van der Waals surface area contributed by atoms with E-state index in [2.05, 4.69) is 9.97 Å². The summed E-state index contributed by atoms with van der Waals surface area (Å²) in [4.78, 5) is 19.1. The summed E-state index contributed by atoms with van der Waals surface area (Å²) in [5.74, 6) is -0.0536. The SMILES string of the molecule is CC(=O)O[C@H]1CO[C@H]2[C@@H]1OC[C@@H]2Oc1ccnc(S(C)=O)n1. The molecule has 9 heteroatoms. The second kappa shape index (κ2) is 6.27. The summed E-state index contributed by atoms with van der Waals surface area (Å²) in [6.07, 6.45) is 1.55. The fourth-order valence-corrected chi connectivity index (χ4v) is 2.96. The molecular weight excluding hydrogens is 312 g/mol. The Bertz CT molecular complexity index is 598. The summed E-state index contributed by atoms with van der Waals surface area (Å²) in [6.45, 7) is 1.94. The van der Waals surface area contributed by atoms with Crippen molar-refractivity contribution in [3.63, 3.8) is 0 Å². The first-order valence-electron chi connectivity index (χ1n) is 6.78. The summed E-state index contributed by atoms with van der Waals surface area (Å²) in [5, 5.41) is 0.207. The van der Waals surface area contributed by atoms with E-state index in [0.717, 1.165) is 0 Å². The molecule has 0 bridgehead atoms. The van der Waals surface area contributed by atoms with Crippen molar-refractivity contribution in [1.82, 2.24) is 9.97 Å². The number of aromatic nitrogens is 2. The maximum atomic E-state index is 11.4. The van der Waals surface area contributed by atoms with Gasteiger partial charge < -0.3 is 18.9 Å². The molecule has 3 rings (SSSR count). The number of fused-ring (bicyclic) bond motifs is 1. The highest BCUT2D eigenvalue weighted by Gasteiger charge is 2.50. The van der Waals surface area contributed by atoms with Crippen LogP contribution in [0.4, 0.5) is 0 Å². The number of nitrogens with zero attached hydrogens (tertiary/aromatic N) is 2. The summed E-state index contributed by atoms with van der Waals surface area (Å²) < 4.78 is 33.6. The Morgan fingerprint density at radius 1 is 1.32 bits per heavy atom. The van der Waals surface area contributed by atoms with E-state index in [1.165, 1.54) is 19.4 Å². The van der Waals surface area contributed by atoms with Crippen LogP contribution < -0.4 is 4.74 Å². The van der Waals surface area contributed by atoms with Gasteiger partial charge in [-0.3, -0.25) is 9.00 Å². The van der Waals surface area contributed by atoms with Crippen molar-refractivity contribution in [2.24, 2.45) is 0 Å². The van der Waals surface area contributed by atoms with Crippen LogP contribution in [0, 0.1) is 0 Å². The highest BCUT2D eigenvalue weighted by Crippen LogP contribution is 2.31. The van der Waals surface area contributed by atoms with Crippen LogP contribution in [-0.4, -0.2) is 64.0 Å². The molecule has 5 atom stereocenters. The van der Waals surface area contributed by atoms with Crippen LogP contribution in [0.5, 0.6) is 5.88 Å². The standard InChI is InChI=1S/C13H16N2O6S/c1-7(16)20-8-5-18-12-9(6-19-11(8)12)21-10-3-4-14-13(15-10)22(2)17/h3-4,8-9,11-12H,5-6H2,1-2H3/t8-,9-,11+,12+,22?/m0/s1. The van der Waals surface area contributed by atoms with Crippen molar-refractivity contribution in [2.45, 2.75) is 36.5 Å². The monoisotopic (exact) mass is 328 g/mol. The quantitative estimate of drug-likeness (QED) is 0.548. The predicted molar refractivity (Wildman–Crippen MR) is 73.8 cm³/mol. The van der Waals surface area contributed by atoms with E-state index in [0.29, 0.717) is 12.5 Å². The topological polar surface area (TPSA) is 96.8 Å². The molecule has 2 aliphatic heterocycles. The van der Waals surface area contributed by atoms with Gasteiger partial charge in [0.15, 0.2) is 12.2 Å². The molecule has 3 heterocycles. The van der Waals surface area contributed by atoms with E-state index >= 15 is 0 Å². The van der Waals surface area contributed by atoms with Gasteiger partial charge in [-0.1, -0.05) is 0 Å². The van der Waals surface area contributed by atoms with E-state index < -0.39 is 16.9 Å². The molecule has 0 saturated carbocycles. The molecule has 1 aromatic heterocycles. The largest absolute Gasteiger partial charge is 0.469 e. The molecule has 0 aliphatic carbocycles. The molecule has 0 spiro atoms. The van der Waals surface area contributed by atoms with Gasteiger partial charge in [0.05, 0.1) is 24.0 Å². The molecule has 2 aliphatic rings. The Morgan fingerprint density at radius 2 is 2.00 bits per heavy atom. The van der Waals surface area contributed by atoms with Crippen LogP contribution in [0.15, 0.2) is 17.4 Å². The third kappa shape index (κ3) is 3.11. The molecule has 1 unspecified atom stereocenters. The maximum absolute atomic E-state index is 11.4.